The number of aryl methyl sites for hydroxylation is 1. The molecule has 0 amide bonds. The predicted molar refractivity (Wildman–Crippen MR) is 72.4 cm³/mol. The van der Waals surface area contributed by atoms with E-state index < -0.39 is 0 Å². The molecule has 2 aromatic rings. The molecule has 0 fully saturated rings. The first-order valence-corrected chi connectivity index (χ1v) is 6.33. The van der Waals surface area contributed by atoms with Gasteiger partial charge in [-0.1, -0.05) is 24.3 Å². The first kappa shape index (κ1) is 11.9. The zero-order valence-corrected chi connectivity index (χ0v) is 10.4. The number of fused-ring (bicyclic) bond motifs is 3. The van der Waals surface area contributed by atoms with E-state index in [1.807, 2.05) is 18.2 Å². The maximum atomic E-state index is 12.3. The molecule has 1 aliphatic rings. The lowest BCUT2D eigenvalue weighted by atomic mass is 10.0. The van der Waals surface area contributed by atoms with Crippen LogP contribution in [0.4, 0.5) is 0 Å². The van der Waals surface area contributed by atoms with Crippen molar-refractivity contribution in [3.05, 3.63) is 53.1 Å². The Bertz CT molecular complexity index is 659. The zero-order valence-electron chi connectivity index (χ0n) is 10.4. The van der Waals surface area contributed by atoms with Gasteiger partial charge in [0, 0.05) is 23.3 Å². The minimum atomic E-state index is -0.0354. The number of phenols is 1. The standard InChI is InChI=1S/C16H14O3/c17-8-2-3-10-6-7-11-13(9-10)16(19)12-4-1-5-14(18)15(11)12/h1,4-7,9,17-18H,2-3,8H2. The Labute approximate surface area is 111 Å². The number of aromatic hydroxyl groups is 1. The smallest absolute Gasteiger partial charge is 0.194 e. The monoisotopic (exact) mass is 254 g/mol. The van der Waals surface area contributed by atoms with Crippen molar-refractivity contribution in [1.82, 2.24) is 0 Å². The van der Waals surface area contributed by atoms with Gasteiger partial charge in [-0.05, 0) is 36.1 Å². The summed E-state index contributed by atoms with van der Waals surface area (Å²) in [5.41, 5.74) is 3.68. The van der Waals surface area contributed by atoms with Crippen LogP contribution in [0.1, 0.15) is 27.9 Å². The molecule has 0 atom stereocenters. The first-order valence-electron chi connectivity index (χ1n) is 6.33. The summed E-state index contributed by atoms with van der Waals surface area (Å²) in [5, 5.41) is 18.8. The summed E-state index contributed by atoms with van der Waals surface area (Å²) in [7, 11) is 0. The van der Waals surface area contributed by atoms with Crippen molar-refractivity contribution in [2.24, 2.45) is 0 Å². The second kappa shape index (κ2) is 4.52. The highest BCUT2D eigenvalue weighted by molar-refractivity contribution is 6.22. The Morgan fingerprint density at radius 3 is 2.63 bits per heavy atom. The van der Waals surface area contributed by atoms with Crippen LogP contribution in [0.25, 0.3) is 11.1 Å². The maximum absolute atomic E-state index is 12.3. The molecule has 0 bridgehead atoms. The van der Waals surface area contributed by atoms with E-state index in [1.165, 1.54) is 0 Å². The van der Waals surface area contributed by atoms with Gasteiger partial charge in [0.25, 0.3) is 0 Å². The largest absolute Gasteiger partial charge is 0.507 e. The lowest BCUT2D eigenvalue weighted by Gasteiger charge is -2.04. The molecule has 96 valence electrons. The zero-order chi connectivity index (χ0) is 13.4. The second-order valence-corrected chi connectivity index (χ2v) is 4.74. The van der Waals surface area contributed by atoms with Crippen molar-refractivity contribution in [2.45, 2.75) is 12.8 Å². The van der Waals surface area contributed by atoms with E-state index >= 15 is 0 Å². The molecule has 2 aromatic carbocycles. The minimum Gasteiger partial charge on any atom is -0.507 e. The molecule has 3 heteroatoms. The summed E-state index contributed by atoms with van der Waals surface area (Å²) in [5.74, 6) is 0.111. The van der Waals surface area contributed by atoms with Crippen LogP contribution in [-0.2, 0) is 6.42 Å². The van der Waals surface area contributed by atoms with Gasteiger partial charge in [0.05, 0.1) is 0 Å². The molecule has 0 heterocycles. The number of carbonyl (C=O) groups excluding carboxylic acids is 1. The summed E-state index contributed by atoms with van der Waals surface area (Å²) < 4.78 is 0. The molecule has 0 aromatic heterocycles. The third kappa shape index (κ3) is 1.83. The van der Waals surface area contributed by atoms with Gasteiger partial charge in [0.2, 0.25) is 0 Å². The molecular weight excluding hydrogens is 240 g/mol. The van der Waals surface area contributed by atoms with Crippen LogP contribution in [0.2, 0.25) is 0 Å². The van der Waals surface area contributed by atoms with Gasteiger partial charge in [-0.25, -0.2) is 0 Å². The third-order valence-electron chi connectivity index (χ3n) is 3.51. The summed E-state index contributed by atoms with van der Waals surface area (Å²) >= 11 is 0. The Morgan fingerprint density at radius 2 is 1.84 bits per heavy atom. The quantitative estimate of drug-likeness (QED) is 0.755. The number of rotatable bonds is 3. The Balaban J connectivity index is 2.10. The van der Waals surface area contributed by atoms with Crippen molar-refractivity contribution in [1.29, 1.82) is 0 Å². The lowest BCUT2D eigenvalue weighted by Crippen LogP contribution is -1.97. The van der Waals surface area contributed by atoms with Crippen LogP contribution < -0.4 is 0 Å². The van der Waals surface area contributed by atoms with Gasteiger partial charge in [-0.3, -0.25) is 4.79 Å². The molecule has 0 saturated carbocycles. The molecule has 0 unspecified atom stereocenters. The van der Waals surface area contributed by atoms with Gasteiger partial charge in [-0.2, -0.15) is 0 Å². The fourth-order valence-corrected chi connectivity index (χ4v) is 2.59. The van der Waals surface area contributed by atoms with E-state index in [0.717, 1.165) is 17.5 Å². The fourth-order valence-electron chi connectivity index (χ4n) is 2.59. The first-order chi connectivity index (χ1) is 9.22. The Hall–Kier alpha value is -2.13. The summed E-state index contributed by atoms with van der Waals surface area (Å²) in [4.78, 5) is 12.3. The van der Waals surface area contributed by atoms with Gasteiger partial charge >= 0.3 is 0 Å². The molecule has 0 radical (unpaired) electrons. The molecule has 1 aliphatic carbocycles. The lowest BCUT2D eigenvalue weighted by molar-refractivity contribution is 0.104. The van der Waals surface area contributed by atoms with Gasteiger partial charge in [0.15, 0.2) is 5.78 Å². The molecule has 0 saturated heterocycles. The number of carbonyl (C=O) groups is 1. The van der Waals surface area contributed by atoms with Gasteiger partial charge < -0.3 is 10.2 Å². The average Bonchev–Trinajstić information content (AvgIpc) is 2.71. The molecule has 2 N–H and O–H groups in total. The topological polar surface area (TPSA) is 57.5 Å². The van der Waals surface area contributed by atoms with Gasteiger partial charge in [-0.15, -0.1) is 0 Å². The van der Waals surface area contributed by atoms with Crippen LogP contribution >= 0.6 is 0 Å². The molecule has 3 rings (SSSR count). The maximum Gasteiger partial charge on any atom is 0.194 e. The molecular formula is C16H14O3. The summed E-state index contributed by atoms with van der Waals surface area (Å²) in [6.45, 7) is 0.145. The van der Waals surface area contributed by atoms with Crippen molar-refractivity contribution in [3.63, 3.8) is 0 Å². The summed E-state index contributed by atoms with van der Waals surface area (Å²) in [6.07, 6.45) is 1.44. The van der Waals surface area contributed by atoms with Crippen molar-refractivity contribution >= 4 is 5.78 Å². The molecule has 0 aliphatic heterocycles. The number of benzene rings is 2. The van der Waals surface area contributed by atoms with E-state index in [9.17, 15) is 9.90 Å². The number of hydrogen-bond donors (Lipinski definition) is 2. The highest BCUT2D eigenvalue weighted by Gasteiger charge is 2.28. The van der Waals surface area contributed by atoms with E-state index in [4.69, 9.17) is 5.11 Å². The minimum absolute atomic E-state index is 0.0354. The van der Waals surface area contributed by atoms with E-state index in [-0.39, 0.29) is 18.1 Å². The average molecular weight is 254 g/mol. The predicted octanol–water partition coefficient (Wildman–Crippen LogP) is 2.53. The number of phenolic OH excluding ortho intramolecular Hbond substituents is 1. The Kier molecular flexibility index (Phi) is 2.84. The highest BCUT2D eigenvalue weighted by Crippen LogP contribution is 2.42. The van der Waals surface area contributed by atoms with Gasteiger partial charge in [0.1, 0.15) is 5.75 Å². The third-order valence-corrected chi connectivity index (χ3v) is 3.51. The second-order valence-electron chi connectivity index (χ2n) is 4.74. The molecule has 0 spiro atoms. The number of hydrogen-bond acceptors (Lipinski definition) is 3. The van der Waals surface area contributed by atoms with Crippen LogP contribution in [0.15, 0.2) is 36.4 Å². The molecule has 3 nitrogen and oxygen atoms in total. The number of aliphatic hydroxyl groups is 1. The normalized spacial score (nSPS) is 12.4. The van der Waals surface area contributed by atoms with E-state index in [1.54, 1.807) is 18.2 Å². The number of aliphatic hydroxyl groups excluding tert-OH is 1. The highest BCUT2D eigenvalue weighted by atomic mass is 16.3. The molecule has 19 heavy (non-hydrogen) atoms. The van der Waals surface area contributed by atoms with Crippen LogP contribution in [-0.4, -0.2) is 22.6 Å². The van der Waals surface area contributed by atoms with Crippen LogP contribution in [0.3, 0.4) is 0 Å². The fraction of sp³-hybridized carbons (Fsp3) is 0.188. The SMILES string of the molecule is O=C1c2cc(CCCO)ccc2-c2c(O)cccc21. The van der Waals surface area contributed by atoms with Crippen molar-refractivity contribution in [2.75, 3.05) is 6.61 Å². The summed E-state index contributed by atoms with van der Waals surface area (Å²) in [6, 6.07) is 10.7. The van der Waals surface area contributed by atoms with Crippen molar-refractivity contribution < 1.29 is 15.0 Å². The van der Waals surface area contributed by atoms with E-state index in [2.05, 4.69) is 0 Å². The van der Waals surface area contributed by atoms with E-state index in [0.29, 0.717) is 23.1 Å². The van der Waals surface area contributed by atoms with Crippen LogP contribution in [0.5, 0.6) is 5.75 Å². The Morgan fingerprint density at radius 1 is 1.00 bits per heavy atom. The van der Waals surface area contributed by atoms with Crippen LogP contribution in [0, 0.1) is 0 Å². The van der Waals surface area contributed by atoms with Crippen molar-refractivity contribution in [3.8, 4) is 16.9 Å². The number of ketones is 1.